The molecule has 0 radical (unpaired) electrons. The highest BCUT2D eigenvalue weighted by Crippen LogP contribution is 2.25. The molecule has 7 heteroatoms. The lowest BCUT2D eigenvalue weighted by atomic mass is 10.1. The average molecular weight is 387 g/mol. The second-order valence-corrected chi connectivity index (χ2v) is 5.74. The largest absolute Gasteiger partial charge is 0.497 e. The molecular weight excluding hydrogens is 365 g/mol. The van der Waals surface area contributed by atoms with Crippen LogP contribution < -0.4 is 14.8 Å². The van der Waals surface area contributed by atoms with Gasteiger partial charge in [0.1, 0.15) is 17.3 Å². The van der Waals surface area contributed by atoms with Gasteiger partial charge in [0.05, 0.1) is 14.2 Å². The lowest BCUT2D eigenvalue weighted by Gasteiger charge is -2.07. The smallest absolute Gasteiger partial charge is 0.331 e. The number of benzene rings is 2. The summed E-state index contributed by atoms with van der Waals surface area (Å²) in [5.41, 5.74) is 1.17. The minimum atomic E-state index is -0.665. The van der Waals surface area contributed by atoms with Crippen molar-refractivity contribution in [1.29, 1.82) is 0 Å². The summed E-state index contributed by atoms with van der Waals surface area (Å²) < 4.78 is 28.7. The first-order valence-electron chi connectivity index (χ1n) is 8.60. The standard InChI is InChI=1S/C21H22FNO5/c1-26-17-9-7-16(19(13-17)27-2)8-10-21(25)28-14-20(24)23-12-11-15-5-3-4-6-18(15)22/h3-10,13H,11-12,14H2,1-2H3,(H,23,24)/b10-8+. The van der Waals surface area contributed by atoms with Gasteiger partial charge < -0.3 is 19.5 Å². The fraction of sp³-hybridized carbons (Fsp3) is 0.238. The number of hydrogen-bond acceptors (Lipinski definition) is 5. The zero-order valence-electron chi connectivity index (χ0n) is 15.7. The van der Waals surface area contributed by atoms with Crippen molar-refractivity contribution in [2.24, 2.45) is 0 Å². The molecule has 0 heterocycles. The number of methoxy groups -OCH3 is 2. The highest BCUT2D eigenvalue weighted by Gasteiger charge is 2.07. The topological polar surface area (TPSA) is 73.9 Å². The van der Waals surface area contributed by atoms with Gasteiger partial charge in [0.2, 0.25) is 0 Å². The molecule has 6 nitrogen and oxygen atoms in total. The predicted molar refractivity (Wildman–Crippen MR) is 103 cm³/mol. The van der Waals surface area contributed by atoms with E-state index in [-0.39, 0.29) is 12.4 Å². The molecule has 28 heavy (non-hydrogen) atoms. The van der Waals surface area contributed by atoms with Gasteiger partial charge in [-0.05, 0) is 36.3 Å². The Balaban J connectivity index is 1.76. The summed E-state index contributed by atoms with van der Waals surface area (Å²) in [5, 5.41) is 2.58. The lowest BCUT2D eigenvalue weighted by Crippen LogP contribution is -2.30. The lowest BCUT2D eigenvalue weighted by molar-refractivity contribution is -0.143. The van der Waals surface area contributed by atoms with Crippen molar-refractivity contribution in [2.75, 3.05) is 27.4 Å². The first-order valence-corrected chi connectivity index (χ1v) is 8.60. The molecule has 2 aromatic rings. The van der Waals surface area contributed by atoms with Gasteiger partial charge in [-0.3, -0.25) is 4.79 Å². The van der Waals surface area contributed by atoms with E-state index in [1.165, 1.54) is 25.3 Å². The van der Waals surface area contributed by atoms with E-state index < -0.39 is 18.5 Å². The molecule has 0 fully saturated rings. The van der Waals surface area contributed by atoms with Crippen molar-refractivity contribution in [2.45, 2.75) is 6.42 Å². The number of amides is 1. The van der Waals surface area contributed by atoms with Gasteiger partial charge in [-0.2, -0.15) is 0 Å². The van der Waals surface area contributed by atoms with E-state index in [1.807, 2.05) is 0 Å². The van der Waals surface area contributed by atoms with Crippen LogP contribution in [-0.2, 0) is 20.7 Å². The summed E-state index contributed by atoms with van der Waals surface area (Å²) in [7, 11) is 3.05. The van der Waals surface area contributed by atoms with Gasteiger partial charge in [0, 0.05) is 24.3 Å². The first kappa shape index (κ1) is 21.0. The summed E-state index contributed by atoms with van der Waals surface area (Å²) in [4.78, 5) is 23.5. The molecule has 2 aromatic carbocycles. The number of nitrogens with one attached hydrogen (secondary N) is 1. The average Bonchev–Trinajstić information content (AvgIpc) is 2.72. The Bertz CT molecular complexity index is 850. The molecule has 0 spiro atoms. The third-order valence-electron chi connectivity index (χ3n) is 3.86. The number of rotatable bonds is 9. The van der Waals surface area contributed by atoms with Gasteiger partial charge in [-0.15, -0.1) is 0 Å². The molecular formula is C21H22FNO5. The fourth-order valence-electron chi connectivity index (χ4n) is 2.39. The van der Waals surface area contributed by atoms with Crippen LogP contribution >= 0.6 is 0 Å². The van der Waals surface area contributed by atoms with Gasteiger partial charge in [0.15, 0.2) is 6.61 Å². The summed E-state index contributed by atoms with van der Waals surface area (Å²) >= 11 is 0. The SMILES string of the molecule is COc1ccc(/C=C/C(=O)OCC(=O)NCCc2ccccc2F)c(OC)c1. The second kappa shape index (κ2) is 10.7. The number of ether oxygens (including phenoxy) is 3. The van der Waals surface area contributed by atoms with Crippen LogP contribution in [0, 0.1) is 5.82 Å². The van der Waals surface area contributed by atoms with Crippen molar-refractivity contribution in [1.82, 2.24) is 5.32 Å². The summed E-state index contributed by atoms with van der Waals surface area (Å²) in [6.45, 7) is -0.170. The molecule has 148 valence electrons. The summed E-state index contributed by atoms with van der Waals surface area (Å²) in [6, 6.07) is 11.5. The number of carbonyl (C=O) groups excluding carboxylic acids is 2. The normalized spacial score (nSPS) is 10.5. The van der Waals surface area contributed by atoms with Crippen molar-refractivity contribution in [3.8, 4) is 11.5 Å². The Labute approximate surface area is 162 Å². The van der Waals surface area contributed by atoms with Crippen LogP contribution in [0.1, 0.15) is 11.1 Å². The van der Waals surface area contributed by atoms with Crippen LogP contribution in [-0.4, -0.2) is 39.2 Å². The van der Waals surface area contributed by atoms with E-state index in [4.69, 9.17) is 14.2 Å². The van der Waals surface area contributed by atoms with E-state index in [2.05, 4.69) is 5.32 Å². The van der Waals surface area contributed by atoms with Crippen LogP contribution in [0.15, 0.2) is 48.5 Å². The third kappa shape index (κ3) is 6.42. The maximum absolute atomic E-state index is 13.5. The third-order valence-corrected chi connectivity index (χ3v) is 3.86. The van der Waals surface area contributed by atoms with Gasteiger partial charge in [0.25, 0.3) is 5.91 Å². The molecule has 0 unspecified atom stereocenters. The van der Waals surface area contributed by atoms with Crippen molar-refractivity contribution < 1.29 is 28.2 Å². The monoisotopic (exact) mass is 387 g/mol. The maximum Gasteiger partial charge on any atom is 0.331 e. The van der Waals surface area contributed by atoms with E-state index in [0.29, 0.717) is 29.0 Å². The van der Waals surface area contributed by atoms with E-state index in [9.17, 15) is 14.0 Å². The molecule has 0 saturated heterocycles. The summed E-state index contributed by atoms with van der Waals surface area (Å²) in [6.07, 6.45) is 3.08. The van der Waals surface area contributed by atoms with Gasteiger partial charge in [-0.1, -0.05) is 18.2 Å². The molecule has 1 N–H and O–H groups in total. The Morgan fingerprint density at radius 2 is 1.89 bits per heavy atom. The van der Waals surface area contributed by atoms with E-state index >= 15 is 0 Å². The molecule has 2 rings (SSSR count). The number of carbonyl (C=O) groups is 2. The fourth-order valence-corrected chi connectivity index (χ4v) is 2.39. The molecule has 0 aliphatic heterocycles. The van der Waals surface area contributed by atoms with Gasteiger partial charge in [-0.25, -0.2) is 9.18 Å². The molecule has 0 saturated carbocycles. The minimum absolute atomic E-state index is 0.246. The highest BCUT2D eigenvalue weighted by atomic mass is 19.1. The Morgan fingerprint density at radius 1 is 1.11 bits per heavy atom. The summed E-state index contributed by atoms with van der Waals surface area (Å²) in [5.74, 6) is -0.276. The molecule has 0 aromatic heterocycles. The minimum Gasteiger partial charge on any atom is -0.497 e. The van der Waals surface area contributed by atoms with Crippen molar-refractivity contribution >= 4 is 18.0 Å². The van der Waals surface area contributed by atoms with Crippen LogP contribution in [0.4, 0.5) is 4.39 Å². The predicted octanol–water partition coefficient (Wildman–Crippen LogP) is 2.76. The Morgan fingerprint density at radius 3 is 2.61 bits per heavy atom. The zero-order chi connectivity index (χ0) is 20.4. The van der Waals surface area contributed by atoms with Crippen LogP contribution in [0.3, 0.4) is 0 Å². The van der Waals surface area contributed by atoms with E-state index in [1.54, 1.807) is 43.5 Å². The molecule has 0 bridgehead atoms. The quantitative estimate of drug-likeness (QED) is 0.529. The Kier molecular flexibility index (Phi) is 8.02. The van der Waals surface area contributed by atoms with Crippen LogP contribution in [0.25, 0.3) is 6.08 Å². The maximum atomic E-state index is 13.5. The van der Waals surface area contributed by atoms with Gasteiger partial charge >= 0.3 is 5.97 Å². The molecule has 1 amide bonds. The van der Waals surface area contributed by atoms with Crippen LogP contribution in [0.2, 0.25) is 0 Å². The van der Waals surface area contributed by atoms with E-state index in [0.717, 1.165) is 0 Å². The highest BCUT2D eigenvalue weighted by molar-refractivity contribution is 5.89. The zero-order valence-corrected chi connectivity index (χ0v) is 15.7. The van der Waals surface area contributed by atoms with Crippen molar-refractivity contribution in [3.63, 3.8) is 0 Å². The number of esters is 1. The number of hydrogen-bond donors (Lipinski definition) is 1. The van der Waals surface area contributed by atoms with Crippen molar-refractivity contribution in [3.05, 3.63) is 65.5 Å². The van der Waals surface area contributed by atoms with Crippen LogP contribution in [0.5, 0.6) is 11.5 Å². The second-order valence-electron chi connectivity index (χ2n) is 5.74. The first-order chi connectivity index (χ1) is 13.5. The molecule has 0 atom stereocenters. The Hall–Kier alpha value is -3.35. The number of halogens is 1. The molecule has 0 aliphatic carbocycles. The molecule has 0 aliphatic rings.